The average molecular weight is 295 g/mol. The Morgan fingerprint density at radius 3 is 1.67 bits per heavy atom. The van der Waals surface area contributed by atoms with Gasteiger partial charge in [0.25, 0.3) is 0 Å². The van der Waals surface area contributed by atoms with Crippen molar-refractivity contribution in [3.63, 3.8) is 0 Å². The van der Waals surface area contributed by atoms with Crippen LogP contribution in [-0.4, -0.2) is 6.29 Å². The van der Waals surface area contributed by atoms with Crippen molar-refractivity contribution >= 4 is 6.29 Å². The minimum Gasteiger partial charge on any atom is -0.303 e. The summed E-state index contributed by atoms with van der Waals surface area (Å²) in [6.07, 6.45) is 20.0. The molecule has 0 rings (SSSR count). The molecule has 0 aromatic carbocycles. The summed E-state index contributed by atoms with van der Waals surface area (Å²) >= 11 is 0. The van der Waals surface area contributed by atoms with Crippen LogP contribution in [0.2, 0.25) is 0 Å². The van der Waals surface area contributed by atoms with Gasteiger partial charge in [-0.2, -0.15) is 0 Å². The number of rotatable bonds is 16. The summed E-state index contributed by atoms with van der Waals surface area (Å²) in [5.41, 5.74) is 0. The maximum absolute atomic E-state index is 11.2. The highest BCUT2D eigenvalue weighted by Gasteiger charge is 2.17. The van der Waals surface area contributed by atoms with Gasteiger partial charge in [0.05, 0.1) is 0 Å². The molecule has 0 heterocycles. The highest BCUT2D eigenvalue weighted by atomic mass is 16.1. The largest absolute Gasteiger partial charge is 0.303 e. The predicted octanol–water partition coefficient (Wildman–Crippen LogP) is 6.71. The van der Waals surface area contributed by atoms with Crippen molar-refractivity contribution in [1.82, 2.24) is 0 Å². The zero-order valence-electron chi connectivity index (χ0n) is 14.6. The van der Waals surface area contributed by atoms with Crippen LogP contribution in [-0.2, 0) is 4.79 Å². The van der Waals surface area contributed by atoms with Crippen LogP contribution in [0.15, 0.2) is 12.7 Å². The summed E-state index contributed by atoms with van der Waals surface area (Å²) in [5, 5.41) is 0. The topological polar surface area (TPSA) is 17.1 Å². The molecule has 0 aliphatic carbocycles. The SMILES string of the molecule is C=CC(C=O)C(CCCCC)CCCCCCCCCC. The third-order valence-electron chi connectivity index (χ3n) is 4.58. The van der Waals surface area contributed by atoms with Gasteiger partial charge in [-0.15, -0.1) is 6.58 Å². The maximum atomic E-state index is 11.2. The standard InChI is InChI=1S/C20H38O/c1-4-7-9-10-11-12-13-15-17-20(16-14-8-5-2)19(6-3)18-21/h6,18-20H,3-5,7-17H2,1-2H3. The molecule has 21 heavy (non-hydrogen) atoms. The van der Waals surface area contributed by atoms with Crippen LogP contribution in [0, 0.1) is 11.8 Å². The molecule has 0 bridgehead atoms. The minimum absolute atomic E-state index is 0.0754. The van der Waals surface area contributed by atoms with Crippen molar-refractivity contribution in [2.24, 2.45) is 11.8 Å². The number of hydrogen-bond acceptors (Lipinski definition) is 1. The van der Waals surface area contributed by atoms with E-state index in [2.05, 4.69) is 20.4 Å². The zero-order valence-corrected chi connectivity index (χ0v) is 14.6. The second kappa shape index (κ2) is 15.8. The maximum Gasteiger partial charge on any atom is 0.127 e. The van der Waals surface area contributed by atoms with Gasteiger partial charge in [0, 0.05) is 5.92 Å². The van der Waals surface area contributed by atoms with E-state index in [0.29, 0.717) is 5.92 Å². The van der Waals surface area contributed by atoms with E-state index in [1.54, 1.807) is 0 Å². The average Bonchev–Trinajstić information content (AvgIpc) is 2.50. The van der Waals surface area contributed by atoms with Gasteiger partial charge in [-0.3, -0.25) is 0 Å². The van der Waals surface area contributed by atoms with Gasteiger partial charge in [-0.1, -0.05) is 90.6 Å². The Hall–Kier alpha value is -0.590. The molecule has 2 atom stereocenters. The molecule has 0 saturated heterocycles. The van der Waals surface area contributed by atoms with E-state index in [1.165, 1.54) is 83.5 Å². The van der Waals surface area contributed by atoms with Crippen LogP contribution in [0.5, 0.6) is 0 Å². The lowest BCUT2D eigenvalue weighted by atomic mass is 9.84. The fourth-order valence-electron chi connectivity index (χ4n) is 3.09. The van der Waals surface area contributed by atoms with Crippen molar-refractivity contribution in [1.29, 1.82) is 0 Å². The van der Waals surface area contributed by atoms with Gasteiger partial charge in [-0.05, 0) is 18.8 Å². The van der Waals surface area contributed by atoms with Crippen molar-refractivity contribution in [2.75, 3.05) is 0 Å². The fourth-order valence-corrected chi connectivity index (χ4v) is 3.09. The van der Waals surface area contributed by atoms with Crippen molar-refractivity contribution < 1.29 is 4.79 Å². The lowest BCUT2D eigenvalue weighted by Gasteiger charge is -2.20. The Balaban J connectivity index is 3.79. The van der Waals surface area contributed by atoms with Crippen LogP contribution in [0.1, 0.15) is 97.3 Å². The summed E-state index contributed by atoms with van der Waals surface area (Å²) in [6, 6.07) is 0. The summed E-state index contributed by atoms with van der Waals surface area (Å²) < 4.78 is 0. The molecule has 0 aromatic rings. The first-order valence-corrected chi connectivity index (χ1v) is 9.37. The molecule has 124 valence electrons. The molecule has 1 heteroatoms. The van der Waals surface area contributed by atoms with Gasteiger partial charge in [0.1, 0.15) is 6.29 Å². The lowest BCUT2D eigenvalue weighted by molar-refractivity contribution is -0.111. The van der Waals surface area contributed by atoms with E-state index < -0.39 is 0 Å². The first kappa shape index (κ1) is 20.4. The number of carbonyl (C=O) groups is 1. The van der Waals surface area contributed by atoms with Gasteiger partial charge >= 0.3 is 0 Å². The van der Waals surface area contributed by atoms with Crippen molar-refractivity contribution in [2.45, 2.75) is 97.3 Å². The third kappa shape index (κ3) is 11.7. The van der Waals surface area contributed by atoms with Crippen LogP contribution >= 0.6 is 0 Å². The Bertz CT molecular complexity index is 226. The fraction of sp³-hybridized carbons (Fsp3) is 0.850. The van der Waals surface area contributed by atoms with Gasteiger partial charge in [0.15, 0.2) is 0 Å². The summed E-state index contributed by atoms with van der Waals surface area (Å²) in [5.74, 6) is 0.609. The number of unbranched alkanes of at least 4 members (excludes halogenated alkanes) is 9. The predicted molar refractivity (Wildman–Crippen MR) is 94.6 cm³/mol. The van der Waals surface area contributed by atoms with Gasteiger partial charge < -0.3 is 4.79 Å². The zero-order chi connectivity index (χ0) is 15.8. The Morgan fingerprint density at radius 1 is 0.762 bits per heavy atom. The number of hydrogen-bond donors (Lipinski definition) is 0. The molecule has 0 N–H and O–H groups in total. The molecule has 0 aliphatic rings. The van der Waals surface area contributed by atoms with E-state index in [1.807, 2.05) is 6.08 Å². The molecular weight excluding hydrogens is 256 g/mol. The molecule has 0 fully saturated rings. The Morgan fingerprint density at radius 2 is 1.19 bits per heavy atom. The highest BCUT2D eigenvalue weighted by Crippen LogP contribution is 2.25. The van der Waals surface area contributed by atoms with Crippen LogP contribution in [0.25, 0.3) is 0 Å². The second-order valence-corrected chi connectivity index (χ2v) is 6.47. The van der Waals surface area contributed by atoms with Crippen LogP contribution in [0.4, 0.5) is 0 Å². The Labute approximate surface area is 133 Å². The molecule has 0 radical (unpaired) electrons. The summed E-state index contributed by atoms with van der Waals surface area (Å²) in [4.78, 5) is 11.2. The molecular formula is C20H38O. The second-order valence-electron chi connectivity index (χ2n) is 6.47. The summed E-state index contributed by atoms with van der Waals surface area (Å²) in [6.45, 7) is 8.34. The molecule has 2 unspecified atom stereocenters. The molecule has 0 aliphatic heterocycles. The minimum atomic E-state index is 0.0754. The number of allylic oxidation sites excluding steroid dienone is 1. The van der Waals surface area contributed by atoms with Crippen LogP contribution in [0.3, 0.4) is 0 Å². The quantitative estimate of drug-likeness (QED) is 0.175. The molecule has 0 aromatic heterocycles. The van der Waals surface area contributed by atoms with Crippen molar-refractivity contribution in [3.8, 4) is 0 Å². The van der Waals surface area contributed by atoms with Crippen LogP contribution < -0.4 is 0 Å². The third-order valence-corrected chi connectivity index (χ3v) is 4.58. The number of carbonyl (C=O) groups excluding carboxylic acids is 1. The van der Waals surface area contributed by atoms with E-state index in [0.717, 1.165) is 6.29 Å². The van der Waals surface area contributed by atoms with E-state index in [4.69, 9.17) is 0 Å². The first-order chi connectivity index (χ1) is 10.3. The highest BCUT2D eigenvalue weighted by molar-refractivity contribution is 5.56. The smallest absolute Gasteiger partial charge is 0.127 e. The van der Waals surface area contributed by atoms with Gasteiger partial charge in [-0.25, -0.2) is 0 Å². The first-order valence-electron chi connectivity index (χ1n) is 9.37. The Kier molecular flexibility index (Phi) is 15.3. The van der Waals surface area contributed by atoms with E-state index in [-0.39, 0.29) is 5.92 Å². The molecule has 0 saturated carbocycles. The summed E-state index contributed by atoms with van der Waals surface area (Å²) in [7, 11) is 0. The molecule has 1 nitrogen and oxygen atoms in total. The van der Waals surface area contributed by atoms with E-state index >= 15 is 0 Å². The number of aldehydes is 1. The normalized spacial score (nSPS) is 13.8. The molecule has 0 spiro atoms. The molecule has 0 amide bonds. The van der Waals surface area contributed by atoms with Gasteiger partial charge in [0.2, 0.25) is 0 Å². The van der Waals surface area contributed by atoms with E-state index in [9.17, 15) is 4.79 Å². The van der Waals surface area contributed by atoms with Crippen molar-refractivity contribution in [3.05, 3.63) is 12.7 Å². The monoisotopic (exact) mass is 294 g/mol. The lowest BCUT2D eigenvalue weighted by Crippen LogP contribution is -2.14.